The fraction of sp³-hybridized carbons (Fsp3) is 0.391. The third kappa shape index (κ3) is 5.75. The van der Waals surface area contributed by atoms with Crippen molar-refractivity contribution in [3.05, 3.63) is 51.8 Å². The van der Waals surface area contributed by atoms with Crippen LogP contribution in [0.4, 0.5) is 5.69 Å². The summed E-state index contributed by atoms with van der Waals surface area (Å²) in [5, 5.41) is 5.23. The summed E-state index contributed by atoms with van der Waals surface area (Å²) in [6.07, 6.45) is -1.14. The number of carbonyl (C=O) groups is 4. The summed E-state index contributed by atoms with van der Waals surface area (Å²) >= 11 is 0. The molecule has 1 atom stereocenters. The molecule has 9 heteroatoms. The number of H-pyrrole nitrogens is 1. The van der Waals surface area contributed by atoms with Gasteiger partial charge in [-0.1, -0.05) is 18.2 Å². The van der Waals surface area contributed by atoms with Gasteiger partial charge in [0.15, 0.2) is 6.10 Å². The van der Waals surface area contributed by atoms with E-state index in [1.165, 1.54) is 6.92 Å². The van der Waals surface area contributed by atoms with E-state index in [1.807, 2.05) is 32.0 Å². The Balaban J connectivity index is 1.96. The van der Waals surface area contributed by atoms with Gasteiger partial charge in [-0.15, -0.1) is 0 Å². The van der Waals surface area contributed by atoms with Crippen molar-refractivity contribution in [2.45, 2.75) is 47.6 Å². The predicted molar refractivity (Wildman–Crippen MR) is 119 cm³/mol. The van der Waals surface area contributed by atoms with Gasteiger partial charge >= 0.3 is 11.9 Å². The molecule has 0 fully saturated rings. The third-order valence-electron chi connectivity index (χ3n) is 4.94. The van der Waals surface area contributed by atoms with Crippen molar-refractivity contribution in [2.24, 2.45) is 0 Å². The van der Waals surface area contributed by atoms with Gasteiger partial charge in [0, 0.05) is 11.4 Å². The van der Waals surface area contributed by atoms with Crippen molar-refractivity contribution >= 4 is 29.4 Å². The van der Waals surface area contributed by atoms with Crippen molar-refractivity contribution in [2.75, 3.05) is 18.5 Å². The lowest BCUT2D eigenvalue weighted by molar-refractivity contribution is -0.130. The molecule has 2 rings (SSSR count). The van der Waals surface area contributed by atoms with Crippen LogP contribution in [-0.2, 0) is 19.1 Å². The molecule has 0 bridgehead atoms. The predicted octanol–water partition coefficient (Wildman–Crippen LogP) is 2.73. The van der Waals surface area contributed by atoms with Crippen LogP contribution in [-0.4, -0.2) is 48.0 Å². The normalized spacial score (nSPS) is 11.4. The lowest BCUT2D eigenvalue weighted by Crippen LogP contribution is -2.40. The highest BCUT2D eigenvalue weighted by Crippen LogP contribution is 2.21. The van der Waals surface area contributed by atoms with E-state index in [9.17, 15) is 19.2 Å². The molecule has 0 aliphatic heterocycles. The van der Waals surface area contributed by atoms with Crippen LogP contribution in [0, 0.1) is 27.7 Å². The van der Waals surface area contributed by atoms with Crippen molar-refractivity contribution in [3.8, 4) is 0 Å². The summed E-state index contributed by atoms with van der Waals surface area (Å²) in [5.74, 6) is -2.35. The number of rotatable bonds is 8. The minimum absolute atomic E-state index is 0.163. The fourth-order valence-electron chi connectivity index (χ4n) is 3.24. The lowest BCUT2D eigenvalue weighted by atomic mass is 10.1. The van der Waals surface area contributed by atoms with E-state index in [-0.39, 0.29) is 24.4 Å². The number of nitrogens with one attached hydrogen (secondary N) is 3. The molecule has 0 aliphatic carbocycles. The van der Waals surface area contributed by atoms with Crippen LogP contribution in [0.3, 0.4) is 0 Å². The molecule has 32 heavy (non-hydrogen) atoms. The van der Waals surface area contributed by atoms with Crippen molar-refractivity contribution in [1.29, 1.82) is 0 Å². The van der Waals surface area contributed by atoms with Gasteiger partial charge in [-0.3, -0.25) is 9.59 Å². The molecule has 2 aromatic rings. The first-order valence-electron chi connectivity index (χ1n) is 10.3. The van der Waals surface area contributed by atoms with Crippen LogP contribution in [0.25, 0.3) is 0 Å². The second-order valence-electron chi connectivity index (χ2n) is 7.43. The average Bonchev–Trinajstić information content (AvgIpc) is 3.03. The number of benzene rings is 1. The molecule has 1 heterocycles. The SMILES string of the molecule is CCOC(=O)c1[nH]c(C)c(C(=O)O[C@@H](C)C(=O)NCC(=O)Nc2c(C)cccc2C)c1C. The number of carbonyl (C=O) groups excluding carboxylic acids is 4. The van der Waals surface area contributed by atoms with Gasteiger partial charge in [-0.05, 0) is 58.2 Å². The molecular formula is C23H29N3O6. The summed E-state index contributed by atoms with van der Waals surface area (Å²) in [5.41, 5.74) is 3.65. The Morgan fingerprint density at radius 2 is 1.66 bits per heavy atom. The molecule has 0 saturated heterocycles. The van der Waals surface area contributed by atoms with Gasteiger partial charge in [-0.25, -0.2) is 9.59 Å². The number of aromatic amines is 1. The van der Waals surface area contributed by atoms with E-state index < -0.39 is 29.9 Å². The number of esters is 2. The minimum Gasteiger partial charge on any atom is -0.461 e. The molecule has 0 spiro atoms. The third-order valence-corrected chi connectivity index (χ3v) is 4.94. The molecule has 0 aliphatic rings. The van der Waals surface area contributed by atoms with Crippen molar-refractivity contribution in [1.82, 2.24) is 10.3 Å². The molecule has 3 N–H and O–H groups in total. The van der Waals surface area contributed by atoms with Gasteiger partial charge < -0.3 is 25.1 Å². The molecular weight excluding hydrogens is 414 g/mol. The molecule has 1 aromatic heterocycles. The number of ether oxygens (including phenoxy) is 2. The van der Waals surface area contributed by atoms with Gasteiger partial charge in [0.05, 0.1) is 18.7 Å². The van der Waals surface area contributed by atoms with E-state index in [0.29, 0.717) is 16.9 Å². The van der Waals surface area contributed by atoms with Gasteiger partial charge in [0.25, 0.3) is 5.91 Å². The van der Waals surface area contributed by atoms with Crippen molar-refractivity contribution < 1.29 is 28.7 Å². The molecule has 2 amide bonds. The maximum absolute atomic E-state index is 12.6. The number of hydrogen-bond donors (Lipinski definition) is 3. The van der Waals surface area contributed by atoms with Crippen LogP contribution in [0.15, 0.2) is 18.2 Å². The largest absolute Gasteiger partial charge is 0.461 e. The number of aromatic nitrogens is 1. The van der Waals surface area contributed by atoms with Crippen LogP contribution in [0.2, 0.25) is 0 Å². The number of para-hydroxylation sites is 1. The monoisotopic (exact) mass is 443 g/mol. The Kier molecular flexibility index (Phi) is 8.17. The Labute approximate surface area is 186 Å². The number of amides is 2. The summed E-state index contributed by atoms with van der Waals surface area (Å²) < 4.78 is 10.2. The molecule has 9 nitrogen and oxygen atoms in total. The zero-order valence-electron chi connectivity index (χ0n) is 19.2. The number of hydrogen-bond acceptors (Lipinski definition) is 6. The zero-order valence-corrected chi connectivity index (χ0v) is 19.2. The van der Waals surface area contributed by atoms with Gasteiger partial charge in [0.1, 0.15) is 5.69 Å². The number of anilines is 1. The minimum atomic E-state index is -1.14. The van der Waals surface area contributed by atoms with Crippen LogP contribution < -0.4 is 10.6 Å². The lowest BCUT2D eigenvalue weighted by Gasteiger charge is -2.15. The highest BCUT2D eigenvalue weighted by atomic mass is 16.5. The summed E-state index contributed by atoms with van der Waals surface area (Å²) in [7, 11) is 0. The second kappa shape index (κ2) is 10.6. The molecule has 1 aromatic carbocycles. The molecule has 172 valence electrons. The first-order valence-corrected chi connectivity index (χ1v) is 10.3. The standard InChI is InChI=1S/C23H29N3O6/c1-7-31-23(30)20-14(4)18(15(5)25-20)22(29)32-16(6)21(28)24-11-17(27)26-19-12(2)9-8-10-13(19)3/h8-10,16,25H,7,11H2,1-6H3,(H,24,28)(H,26,27)/t16-/m0/s1. The first-order chi connectivity index (χ1) is 15.1. The van der Waals surface area contributed by atoms with Crippen LogP contribution >= 0.6 is 0 Å². The van der Waals surface area contributed by atoms with E-state index in [0.717, 1.165) is 11.1 Å². The topological polar surface area (TPSA) is 127 Å². The maximum Gasteiger partial charge on any atom is 0.355 e. The molecule has 0 unspecified atom stereocenters. The summed E-state index contributed by atoms with van der Waals surface area (Å²) in [4.78, 5) is 52.0. The Bertz CT molecular complexity index is 1020. The van der Waals surface area contributed by atoms with E-state index in [4.69, 9.17) is 9.47 Å². The quantitative estimate of drug-likeness (QED) is 0.539. The van der Waals surface area contributed by atoms with Gasteiger partial charge in [-0.2, -0.15) is 0 Å². The van der Waals surface area contributed by atoms with Crippen molar-refractivity contribution in [3.63, 3.8) is 0 Å². The highest BCUT2D eigenvalue weighted by molar-refractivity contribution is 6.00. The Morgan fingerprint density at radius 3 is 2.25 bits per heavy atom. The zero-order chi connectivity index (χ0) is 24.0. The first kappa shape index (κ1) is 24.6. The highest BCUT2D eigenvalue weighted by Gasteiger charge is 2.26. The van der Waals surface area contributed by atoms with Gasteiger partial charge in [0.2, 0.25) is 5.91 Å². The second-order valence-corrected chi connectivity index (χ2v) is 7.43. The van der Waals surface area contributed by atoms with Crippen LogP contribution in [0.5, 0.6) is 0 Å². The van der Waals surface area contributed by atoms with Crippen LogP contribution in [0.1, 0.15) is 57.1 Å². The number of aryl methyl sites for hydroxylation is 3. The van der Waals surface area contributed by atoms with E-state index in [2.05, 4.69) is 15.6 Å². The van der Waals surface area contributed by atoms with E-state index in [1.54, 1.807) is 20.8 Å². The maximum atomic E-state index is 12.6. The fourth-order valence-corrected chi connectivity index (χ4v) is 3.24. The smallest absolute Gasteiger partial charge is 0.355 e. The summed E-state index contributed by atoms with van der Waals surface area (Å²) in [6, 6.07) is 5.64. The Morgan fingerprint density at radius 1 is 1.03 bits per heavy atom. The average molecular weight is 444 g/mol. The molecule has 0 radical (unpaired) electrons. The van der Waals surface area contributed by atoms with E-state index >= 15 is 0 Å². The Hall–Kier alpha value is -3.62. The summed E-state index contributed by atoms with van der Waals surface area (Å²) in [6.45, 7) is 9.97. The molecule has 0 saturated carbocycles.